The number of allylic oxidation sites excluding steroid dienone is 2. The Hall–Kier alpha value is -0.730. The first-order valence-corrected chi connectivity index (χ1v) is 5.18. The first-order chi connectivity index (χ1) is 7.54. The zero-order valence-electron chi connectivity index (χ0n) is 12.1. The quantitative estimate of drug-likeness (QED) is 0.357. The summed E-state index contributed by atoms with van der Waals surface area (Å²) in [4.78, 5) is 20.4. The molecule has 0 bridgehead atoms. The molecule has 0 aliphatic carbocycles. The number of carbonyl (C=O) groups is 2. The third-order valence-electron chi connectivity index (χ3n) is 1.35. The Labute approximate surface area is 134 Å². The van der Waals surface area contributed by atoms with Gasteiger partial charge in [-0.1, -0.05) is 12.2 Å². The number of ketones is 2. The fourth-order valence-corrected chi connectivity index (χ4v) is 0.685. The van der Waals surface area contributed by atoms with Crippen LogP contribution in [0.3, 0.4) is 0 Å². The molecular formula is C12H22F3N2NbO2. The van der Waals surface area contributed by atoms with Crippen molar-refractivity contribution in [3.63, 3.8) is 0 Å². The molecule has 118 valence electrons. The molecule has 0 rings (SSSR count). The fourth-order valence-electron chi connectivity index (χ4n) is 0.685. The van der Waals surface area contributed by atoms with Gasteiger partial charge in [0.05, 0.1) is 0 Å². The van der Waals surface area contributed by atoms with Gasteiger partial charge >= 0.3 is 22.4 Å². The van der Waals surface area contributed by atoms with Crippen molar-refractivity contribution in [3.05, 3.63) is 24.3 Å². The summed E-state index contributed by atoms with van der Waals surface area (Å²) in [6.07, 6.45) is 6.69. The number of nitrogens with one attached hydrogen (secondary N) is 2. The molecule has 0 atom stereocenters. The molecule has 0 radical (unpaired) electrons. The summed E-state index contributed by atoms with van der Waals surface area (Å²) in [5.74, 6) is 0.195. The Bertz CT molecular complexity index is 237. The van der Waals surface area contributed by atoms with Gasteiger partial charge in [0.25, 0.3) is 0 Å². The molecule has 0 unspecified atom stereocenters. The number of likely N-dealkylation sites (N-methyl/N-ethyl adjacent to an activating group) is 2. The van der Waals surface area contributed by atoms with Crippen molar-refractivity contribution in [1.29, 1.82) is 0 Å². The standard InChI is InChI=1S/2C6H11NO.3FH.Nb/c2*1-6(8)4-3-5-7-2;;;;/h2*3-4,7H,5H2,1-2H3;3*1H;/q;;;;;+3/p-3. The van der Waals surface area contributed by atoms with E-state index in [1.807, 2.05) is 14.1 Å². The largest absolute Gasteiger partial charge is 3.00 e. The van der Waals surface area contributed by atoms with Crippen LogP contribution in [0.5, 0.6) is 0 Å². The molecular weight excluding hydrogens is 354 g/mol. The molecule has 0 heterocycles. The van der Waals surface area contributed by atoms with Crippen LogP contribution in [-0.2, 0) is 32.0 Å². The van der Waals surface area contributed by atoms with Crippen molar-refractivity contribution in [2.75, 3.05) is 27.2 Å². The number of halogens is 3. The van der Waals surface area contributed by atoms with Crippen LogP contribution in [0.15, 0.2) is 24.3 Å². The number of hydrogen-bond acceptors (Lipinski definition) is 4. The summed E-state index contributed by atoms with van der Waals surface area (Å²) in [6, 6.07) is 0. The van der Waals surface area contributed by atoms with Crippen LogP contribution in [0.1, 0.15) is 13.8 Å². The van der Waals surface area contributed by atoms with Gasteiger partial charge in [0.15, 0.2) is 11.6 Å². The molecule has 0 spiro atoms. The van der Waals surface area contributed by atoms with Gasteiger partial charge in [0.2, 0.25) is 0 Å². The van der Waals surface area contributed by atoms with E-state index in [4.69, 9.17) is 0 Å². The average molecular weight is 376 g/mol. The molecule has 0 saturated heterocycles. The molecule has 0 aliphatic heterocycles. The maximum absolute atomic E-state index is 10.2. The van der Waals surface area contributed by atoms with E-state index in [-0.39, 0.29) is 48.1 Å². The molecule has 0 saturated carbocycles. The van der Waals surface area contributed by atoms with Crippen LogP contribution < -0.4 is 24.7 Å². The fraction of sp³-hybridized carbons (Fsp3) is 0.500. The summed E-state index contributed by atoms with van der Waals surface area (Å²) in [7, 11) is 3.68. The smallest absolute Gasteiger partial charge is 1.00 e. The van der Waals surface area contributed by atoms with Crippen LogP contribution in [-0.4, -0.2) is 38.8 Å². The van der Waals surface area contributed by atoms with E-state index in [1.54, 1.807) is 24.3 Å². The Morgan fingerprint density at radius 1 is 0.800 bits per heavy atom. The normalized spacial score (nSPS) is 8.20. The maximum Gasteiger partial charge on any atom is 3.00 e. The Balaban J connectivity index is -0.0000000408. The van der Waals surface area contributed by atoms with Gasteiger partial charge in [-0.05, 0) is 40.1 Å². The second kappa shape index (κ2) is 30.9. The van der Waals surface area contributed by atoms with Crippen molar-refractivity contribution in [2.45, 2.75) is 13.8 Å². The van der Waals surface area contributed by atoms with Crippen LogP contribution in [0.2, 0.25) is 0 Å². The Kier molecular flexibility index (Phi) is 56.5. The van der Waals surface area contributed by atoms with Gasteiger partial charge in [-0.2, -0.15) is 0 Å². The van der Waals surface area contributed by atoms with Crippen LogP contribution in [0.4, 0.5) is 0 Å². The summed E-state index contributed by atoms with van der Waals surface area (Å²) in [5.41, 5.74) is 0. The number of rotatable bonds is 6. The molecule has 0 fully saturated rings. The van der Waals surface area contributed by atoms with Gasteiger partial charge in [-0.15, -0.1) is 0 Å². The van der Waals surface area contributed by atoms with E-state index in [9.17, 15) is 9.59 Å². The van der Waals surface area contributed by atoms with E-state index in [0.29, 0.717) is 0 Å². The summed E-state index contributed by atoms with van der Waals surface area (Å²) >= 11 is 0. The van der Waals surface area contributed by atoms with E-state index in [2.05, 4.69) is 10.6 Å². The molecule has 0 aromatic rings. The van der Waals surface area contributed by atoms with Gasteiger partial charge < -0.3 is 24.7 Å². The van der Waals surface area contributed by atoms with Crippen molar-refractivity contribution >= 4 is 11.6 Å². The van der Waals surface area contributed by atoms with Crippen LogP contribution in [0, 0.1) is 0 Å². The first-order valence-electron chi connectivity index (χ1n) is 5.18. The summed E-state index contributed by atoms with van der Waals surface area (Å²) in [6.45, 7) is 4.59. The minimum Gasteiger partial charge on any atom is -1.00 e. The predicted octanol–water partition coefficient (Wildman–Crippen LogP) is -8.29. The monoisotopic (exact) mass is 376 g/mol. The summed E-state index contributed by atoms with van der Waals surface area (Å²) in [5, 5.41) is 5.77. The predicted molar refractivity (Wildman–Crippen MR) is 67.5 cm³/mol. The van der Waals surface area contributed by atoms with Crippen molar-refractivity contribution in [1.82, 2.24) is 10.6 Å². The van der Waals surface area contributed by atoms with Gasteiger partial charge in [0.1, 0.15) is 0 Å². The van der Waals surface area contributed by atoms with Crippen LogP contribution >= 0.6 is 0 Å². The zero-order valence-corrected chi connectivity index (χ0v) is 14.3. The average Bonchev–Trinajstić information content (AvgIpc) is 2.18. The second-order valence-corrected chi connectivity index (χ2v) is 3.14. The van der Waals surface area contributed by atoms with Crippen molar-refractivity contribution in [2.24, 2.45) is 0 Å². The van der Waals surface area contributed by atoms with Crippen molar-refractivity contribution in [3.8, 4) is 0 Å². The molecule has 0 aromatic heterocycles. The molecule has 20 heavy (non-hydrogen) atoms. The molecule has 0 aliphatic rings. The number of hydrogen-bond donors (Lipinski definition) is 2. The van der Waals surface area contributed by atoms with E-state index in [1.165, 1.54) is 13.8 Å². The maximum atomic E-state index is 10.2. The zero-order chi connectivity index (χ0) is 12.8. The molecule has 0 amide bonds. The third-order valence-corrected chi connectivity index (χ3v) is 1.35. The topological polar surface area (TPSA) is 58.2 Å². The van der Waals surface area contributed by atoms with E-state index < -0.39 is 0 Å². The first kappa shape index (κ1) is 36.5. The summed E-state index contributed by atoms with van der Waals surface area (Å²) < 4.78 is 0. The SMILES string of the molecule is CNCC=CC(C)=O.CNCC=CC(C)=O.[F-].[F-].[F-].[Nb+3]. The Morgan fingerprint density at radius 2 is 1.05 bits per heavy atom. The van der Waals surface area contributed by atoms with E-state index in [0.717, 1.165) is 13.1 Å². The van der Waals surface area contributed by atoms with Gasteiger partial charge in [-0.3, -0.25) is 9.59 Å². The Morgan fingerprint density at radius 3 is 1.20 bits per heavy atom. The molecule has 8 heteroatoms. The van der Waals surface area contributed by atoms with Gasteiger partial charge in [0, 0.05) is 13.1 Å². The van der Waals surface area contributed by atoms with E-state index >= 15 is 0 Å². The second-order valence-electron chi connectivity index (χ2n) is 3.14. The van der Waals surface area contributed by atoms with Crippen molar-refractivity contribution < 1.29 is 46.1 Å². The minimum absolute atomic E-state index is 0. The third kappa shape index (κ3) is 53.2. The molecule has 4 nitrogen and oxygen atoms in total. The van der Waals surface area contributed by atoms with Crippen LogP contribution in [0.25, 0.3) is 0 Å². The molecule has 2 N–H and O–H groups in total. The molecule has 0 aromatic carbocycles. The number of carbonyl (C=O) groups excluding carboxylic acids is 2. The van der Waals surface area contributed by atoms with Gasteiger partial charge in [-0.25, -0.2) is 0 Å². The minimum atomic E-state index is 0.